The third kappa shape index (κ3) is 68.5. The summed E-state index contributed by atoms with van der Waals surface area (Å²) in [5, 5.41) is 31.3. The van der Waals surface area contributed by atoms with Gasteiger partial charge in [0.2, 0.25) is 0 Å². The van der Waals surface area contributed by atoms with Crippen molar-refractivity contribution >= 4 is 12.2 Å². The second-order valence-corrected chi connectivity index (χ2v) is 3.16. The van der Waals surface area contributed by atoms with Crippen LogP contribution in [0.1, 0.15) is 13.8 Å². The Morgan fingerprint density at radius 2 is 1.13 bits per heavy atom. The molecule has 8 N–H and O–H groups in total. The van der Waals surface area contributed by atoms with Crippen molar-refractivity contribution in [1.82, 2.24) is 0 Å². The summed E-state index contributed by atoms with van der Waals surface area (Å²) in [5.41, 5.74) is 7.75. The molecule has 0 unspecified atom stereocenters. The van der Waals surface area contributed by atoms with Gasteiger partial charge in [-0.15, -0.1) is 0 Å². The van der Waals surface area contributed by atoms with Crippen LogP contribution in [0.5, 0.6) is 0 Å². The van der Waals surface area contributed by atoms with Crippen LogP contribution in [-0.4, -0.2) is 45.8 Å². The fourth-order valence-electron chi connectivity index (χ4n) is 0.0500. The van der Waals surface area contributed by atoms with Crippen LogP contribution in [0.25, 0.3) is 0 Å². The molecule has 8 nitrogen and oxygen atoms in total. The van der Waals surface area contributed by atoms with Gasteiger partial charge in [-0.1, -0.05) is 13.8 Å². The number of hydrogen-bond acceptors (Lipinski definition) is 4. The fraction of sp³-hybridized carbons (Fsp3) is 0.714. The minimum absolute atomic E-state index is 0.0451. The van der Waals surface area contributed by atoms with Gasteiger partial charge in [-0.05, 0) is 0 Å². The van der Waals surface area contributed by atoms with Crippen LogP contribution in [-0.2, 0) is 0 Å². The normalized spacial score (nSPS) is 8.80. The average Bonchev–Trinajstić information content (AvgIpc) is 2.02. The highest BCUT2D eigenvalue weighted by Crippen LogP contribution is 2.10. The molecule has 2 amide bonds. The molecule has 0 fully saturated rings. The Hall–Kier alpha value is -1.54. The Morgan fingerprint density at radius 3 is 1.13 bits per heavy atom. The minimum atomic E-state index is -1.33. The molecule has 0 saturated heterocycles. The van der Waals surface area contributed by atoms with Crippen LogP contribution in [0.3, 0.4) is 0 Å². The van der Waals surface area contributed by atoms with Gasteiger partial charge in [0.1, 0.15) is 0 Å². The molecule has 0 aliphatic carbocycles. The molecule has 0 radical (unpaired) electrons. The molecule has 0 rings (SSSR count). The van der Waals surface area contributed by atoms with Crippen molar-refractivity contribution in [3.63, 3.8) is 0 Å². The van der Waals surface area contributed by atoms with E-state index >= 15 is 0 Å². The van der Waals surface area contributed by atoms with Crippen LogP contribution in [0.2, 0.25) is 0 Å². The van der Waals surface area contributed by atoms with E-state index in [0.717, 1.165) is 0 Å². The number of aliphatic hydroxyl groups is 2. The van der Waals surface area contributed by atoms with Gasteiger partial charge in [0.15, 0.2) is 0 Å². The number of carboxylic acid groups (broad SMARTS) is 2. The van der Waals surface area contributed by atoms with Crippen molar-refractivity contribution < 1.29 is 30.0 Å². The van der Waals surface area contributed by atoms with E-state index in [-0.39, 0.29) is 18.6 Å². The maximum Gasteiger partial charge on any atom is 0.402 e. The number of primary amides is 2. The molecule has 0 bridgehead atoms. The Labute approximate surface area is 87.1 Å². The number of rotatable bonds is 2. The van der Waals surface area contributed by atoms with Crippen LogP contribution in [0.4, 0.5) is 9.59 Å². The molecule has 0 spiro atoms. The Kier molecular flexibility index (Phi) is 13.4. The van der Waals surface area contributed by atoms with Gasteiger partial charge in [-0.3, -0.25) is 0 Å². The monoisotopic (exact) mass is 226 g/mol. The lowest BCUT2D eigenvalue weighted by Crippen LogP contribution is -2.20. The lowest BCUT2D eigenvalue weighted by atomic mass is 9.97. The predicted octanol–water partition coefficient (Wildman–Crippen LogP) is -0.757. The van der Waals surface area contributed by atoms with Crippen LogP contribution >= 0.6 is 0 Å². The molecule has 0 aromatic carbocycles. The number of aliphatic hydroxyl groups excluding tert-OH is 2. The molecule has 0 atom stereocenters. The maximum absolute atomic E-state index is 8.78. The van der Waals surface area contributed by atoms with Gasteiger partial charge in [0.25, 0.3) is 0 Å². The molecule has 0 aliphatic heterocycles. The van der Waals surface area contributed by atoms with E-state index in [2.05, 4.69) is 11.5 Å². The first kappa shape index (κ1) is 19.1. The lowest BCUT2D eigenvalue weighted by molar-refractivity contribution is 0.0857. The molecule has 8 heteroatoms. The van der Waals surface area contributed by atoms with Gasteiger partial charge >= 0.3 is 12.2 Å². The summed E-state index contributed by atoms with van der Waals surface area (Å²) in [6.45, 7) is 3.69. The van der Waals surface area contributed by atoms with Crippen LogP contribution < -0.4 is 11.5 Å². The molecule has 0 aliphatic rings. The average molecular weight is 226 g/mol. The first-order valence-electron chi connectivity index (χ1n) is 3.77. The zero-order valence-electron chi connectivity index (χ0n) is 8.67. The SMILES string of the molecule is CC(C)(CO)CO.NC(=O)O.NC(=O)O. The van der Waals surface area contributed by atoms with E-state index in [1.54, 1.807) is 13.8 Å². The van der Waals surface area contributed by atoms with E-state index in [0.29, 0.717) is 0 Å². The van der Waals surface area contributed by atoms with Gasteiger partial charge in [0.05, 0.1) is 13.2 Å². The molecular weight excluding hydrogens is 208 g/mol. The third-order valence-electron chi connectivity index (χ3n) is 0.856. The molecule has 15 heavy (non-hydrogen) atoms. The van der Waals surface area contributed by atoms with E-state index in [1.165, 1.54) is 0 Å². The topological polar surface area (TPSA) is 167 Å². The van der Waals surface area contributed by atoms with Gasteiger partial charge in [-0.25, -0.2) is 9.59 Å². The number of hydrogen-bond donors (Lipinski definition) is 6. The number of carbonyl (C=O) groups is 2. The van der Waals surface area contributed by atoms with E-state index in [4.69, 9.17) is 30.0 Å². The molecule has 92 valence electrons. The van der Waals surface area contributed by atoms with Crippen LogP contribution in [0, 0.1) is 5.41 Å². The largest absolute Gasteiger partial charge is 0.465 e. The van der Waals surface area contributed by atoms with Crippen molar-refractivity contribution in [2.24, 2.45) is 16.9 Å². The standard InChI is InChI=1S/C5H12O2.2CH3NO2/c1-5(2,3-6)4-7;2*2-1(3)4/h6-7H,3-4H2,1-2H3;2*2H2,(H,3,4). The van der Waals surface area contributed by atoms with Crippen molar-refractivity contribution in [1.29, 1.82) is 0 Å². The van der Waals surface area contributed by atoms with Gasteiger partial charge in [0, 0.05) is 5.41 Å². The van der Waals surface area contributed by atoms with E-state index in [1.807, 2.05) is 0 Å². The molecule has 0 aromatic rings. The van der Waals surface area contributed by atoms with Crippen LogP contribution in [0.15, 0.2) is 0 Å². The smallest absolute Gasteiger partial charge is 0.402 e. The highest BCUT2D eigenvalue weighted by Gasteiger charge is 2.13. The maximum atomic E-state index is 8.78. The summed E-state index contributed by atoms with van der Waals surface area (Å²) < 4.78 is 0. The Balaban J connectivity index is -0.000000155. The van der Waals surface area contributed by atoms with Crippen molar-refractivity contribution in [2.45, 2.75) is 13.8 Å². The minimum Gasteiger partial charge on any atom is -0.465 e. The number of nitrogens with two attached hydrogens (primary N) is 2. The predicted molar refractivity (Wildman–Crippen MR) is 52.4 cm³/mol. The first-order valence-corrected chi connectivity index (χ1v) is 3.77. The highest BCUT2D eigenvalue weighted by molar-refractivity contribution is 5.61. The Bertz CT molecular complexity index is 156. The molecule has 0 aromatic heterocycles. The summed E-state index contributed by atoms with van der Waals surface area (Å²) in [4.78, 5) is 17.6. The fourth-order valence-corrected chi connectivity index (χ4v) is 0.0500. The summed E-state index contributed by atoms with van der Waals surface area (Å²) in [5.74, 6) is 0. The van der Waals surface area contributed by atoms with E-state index in [9.17, 15) is 0 Å². The van der Waals surface area contributed by atoms with E-state index < -0.39 is 12.2 Å². The highest BCUT2D eigenvalue weighted by atomic mass is 16.4. The molecule has 0 saturated carbocycles. The van der Waals surface area contributed by atoms with Gasteiger partial charge < -0.3 is 31.9 Å². The summed E-state index contributed by atoms with van der Waals surface area (Å²) in [6, 6.07) is 0. The number of amides is 2. The second kappa shape index (κ2) is 10.5. The summed E-state index contributed by atoms with van der Waals surface area (Å²) in [6.07, 6.45) is -2.67. The first-order chi connectivity index (χ1) is 6.59. The van der Waals surface area contributed by atoms with Crippen molar-refractivity contribution in [3.05, 3.63) is 0 Å². The summed E-state index contributed by atoms with van der Waals surface area (Å²) >= 11 is 0. The van der Waals surface area contributed by atoms with Crippen molar-refractivity contribution in [2.75, 3.05) is 13.2 Å². The molecule has 0 heterocycles. The van der Waals surface area contributed by atoms with Crippen molar-refractivity contribution in [3.8, 4) is 0 Å². The zero-order valence-corrected chi connectivity index (χ0v) is 8.67. The molecular formula is C7H18N2O6. The Morgan fingerprint density at radius 1 is 1.00 bits per heavy atom. The zero-order chi connectivity index (χ0) is 13.1. The third-order valence-corrected chi connectivity index (χ3v) is 0.856. The lowest BCUT2D eigenvalue weighted by Gasteiger charge is -2.16. The summed E-state index contributed by atoms with van der Waals surface area (Å²) in [7, 11) is 0. The second-order valence-electron chi connectivity index (χ2n) is 3.16. The quantitative estimate of drug-likeness (QED) is 0.362. The van der Waals surface area contributed by atoms with Gasteiger partial charge in [-0.2, -0.15) is 0 Å².